The van der Waals surface area contributed by atoms with Crippen LogP contribution >= 0.6 is 0 Å². The lowest BCUT2D eigenvalue weighted by molar-refractivity contribution is 0.304. The Kier molecular flexibility index (Phi) is 17.8. The average molecular weight is 495 g/mol. The molecule has 0 saturated heterocycles. The molecule has 0 aliphatic carbocycles. The molecular formula is C34H54O2. The molecule has 202 valence electrons. The van der Waals surface area contributed by atoms with Gasteiger partial charge in [-0.05, 0) is 37.1 Å². The van der Waals surface area contributed by atoms with Crippen molar-refractivity contribution in [3.8, 4) is 22.6 Å². The van der Waals surface area contributed by atoms with E-state index in [4.69, 9.17) is 9.47 Å². The van der Waals surface area contributed by atoms with Crippen LogP contribution in [-0.4, -0.2) is 13.2 Å². The van der Waals surface area contributed by atoms with Crippen molar-refractivity contribution in [2.45, 2.75) is 129 Å². The minimum Gasteiger partial charge on any atom is -0.494 e. The Balaban J connectivity index is 1.42. The molecule has 0 atom stereocenters. The maximum Gasteiger partial charge on any atom is 0.127 e. The largest absolute Gasteiger partial charge is 0.494 e. The van der Waals surface area contributed by atoms with Crippen molar-refractivity contribution in [3.63, 3.8) is 0 Å². The summed E-state index contributed by atoms with van der Waals surface area (Å²) < 4.78 is 11.8. The first-order valence-electron chi connectivity index (χ1n) is 15.3. The van der Waals surface area contributed by atoms with Crippen molar-refractivity contribution < 1.29 is 9.47 Å². The van der Waals surface area contributed by atoms with Crippen molar-refractivity contribution in [2.75, 3.05) is 13.2 Å². The fraction of sp³-hybridized carbons (Fsp3) is 0.647. The highest BCUT2D eigenvalue weighted by molar-refractivity contribution is 5.71. The molecule has 0 spiro atoms. The number of para-hydroxylation sites is 1. The zero-order chi connectivity index (χ0) is 25.5. The molecule has 0 aliphatic rings. The van der Waals surface area contributed by atoms with Crippen molar-refractivity contribution in [3.05, 3.63) is 48.5 Å². The number of unbranched alkanes of at least 4 members (excludes halogenated alkanes) is 17. The summed E-state index contributed by atoms with van der Waals surface area (Å²) in [6.07, 6.45) is 25.3. The molecule has 2 aromatic rings. The minimum absolute atomic E-state index is 0.673. The molecule has 0 N–H and O–H groups in total. The molecule has 0 fully saturated rings. The predicted octanol–water partition coefficient (Wildman–Crippen LogP) is 11.2. The van der Waals surface area contributed by atoms with Gasteiger partial charge in [-0.1, -0.05) is 146 Å². The van der Waals surface area contributed by atoms with Gasteiger partial charge in [-0.2, -0.15) is 0 Å². The van der Waals surface area contributed by atoms with Crippen LogP contribution in [0.4, 0.5) is 0 Å². The van der Waals surface area contributed by atoms with E-state index in [2.05, 4.69) is 43.3 Å². The van der Waals surface area contributed by atoms with E-state index >= 15 is 0 Å². The van der Waals surface area contributed by atoms with Gasteiger partial charge in [0.15, 0.2) is 0 Å². The van der Waals surface area contributed by atoms with Gasteiger partial charge in [0, 0.05) is 5.56 Å². The first kappa shape index (κ1) is 30.3. The highest BCUT2D eigenvalue weighted by Gasteiger charge is 2.06. The lowest BCUT2D eigenvalue weighted by atomic mass is 10.0. The summed E-state index contributed by atoms with van der Waals surface area (Å²) in [7, 11) is 0. The van der Waals surface area contributed by atoms with Crippen LogP contribution < -0.4 is 9.47 Å². The monoisotopic (exact) mass is 494 g/mol. The second kappa shape index (κ2) is 21.2. The van der Waals surface area contributed by atoms with E-state index in [1.165, 1.54) is 109 Å². The van der Waals surface area contributed by atoms with Crippen LogP contribution in [0.25, 0.3) is 11.1 Å². The zero-order valence-electron chi connectivity index (χ0n) is 23.6. The molecule has 2 heteroatoms. The Morgan fingerprint density at radius 3 is 1.58 bits per heavy atom. The van der Waals surface area contributed by atoms with E-state index in [1.807, 2.05) is 19.1 Å². The molecule has 0 radical (unpaired) electrons. The van der Waals surface area contributed by atoms with Crippen LogP contribution in [0.3, 0.4) is 0 Å². The van der Waals surface area contributed by atoms with Gasteiger partial charge in [0.25, 0.3) is 0 Å². The van der Waals surface area contributed by atoms with Crippen LogP contribution in [0.15, 0.2) is 48.5 Å². The fourth-order valence-corrected chi connectivity index (χ4v) is 4.93. The number of hydrogen-bond acceptors (Lipinski definition) is 2. The van der Waals surface area contributed by atoms with E-state index in [9.17, 15) is 0 Å². The first-order chi connectivity index (χ1) is 17.8. The molecule has 0 amide bonds. The highest BCUT2D eigenvalue weighted by atomic mass is 16.5. The molecule has 0 bridgehead atoms. The molecule has 36 heavy (non-hydrogen) atoms. The third-order valence-electron chi connectivity index (χ3n) is 7.10. The van der Waals surface area contributed by atoms with Gasteiger partial charge in [-0.15, -0.1) is 0 Å². The molecule has 0 unspecified atom stereocenters. The molecular weight excluding hydrogens is 440 g/mol. The summed E-state index contributed by atoms with van der Waals surface area (Å²) in [6, 6.07) is 16.6. The molecule has 0 heterocycles. The molecule has 2 rings (SSSR count). The van der Waals surface area contributed by atoms with Crippen LogP contribution in [-0.2, 0) is 0 Å². The van der Waals surface area contributed by atoms with Gasteiger partial charge in [-0.25, -0.2) is 0 Å². The number of ether oxygens (including phenoxy) is 2. The number of benzene rings is 2. The van der Waals surface area contributed by atoms with Crippen molar-refractivity contribution in [2.24, 2.45) is 0 Å². The SMILES string of the molecule is CCCCCCCCCCCCCCCCCCCCOc1cccc(-c2ccccc2OCC)c1. The van der Waals surface area contributed by atoms with Gasteiger partial charge >= 0.3 is 0 Å². The fourth-order valence-electron chi connectivity index (χ4n) is 4.93. The minimum atomic E-state index is 0.673. The smallest absolute Gasteiger partial charge is 0.127 e. The topological polar surface area (TPSA) is 18.5 Å². The van der Waals surface area contributed by atoms with Gasteiger partial charge in [0.05, 0.1) is 13.2 Å². The summed E-state index contributed by atoms with van der Waals surface area (Å²) >= 11 is 0. The summed E-state index contributed by atoms with van der Waals surface area (Å²) in [4.78, 5) is 0. The third-order valence-corrected chi connectivity index (χ3v) is 7.10. The summed E-state index contributed by atoms with van der Waals surface area (Å²) in [5, 5.41) is 0. The van der Waals surface area contributed by atoms with Gasteiger partial charge in [0.2, 0.25) is 0 Å². The second-order valence-electron chi connectivity index (χ2n) is 10.3. The van der Waals surface area contributed by atoms with Crippen LogP contribution in [0.2, 0.25) is 0 Å². The normalized spacial score (nSPS) is 11.1. The number of hydrogen-bond donors (Lipinski definition) is 0. The molecule has 2 aromatic carbocycles. The van der Waals surface area contributed by atoms with Crippen molar-refractivity contribution in [1.82, 2.24) is 0 Å². The quantitative estimate of drug-likeness (QED) is 0.143. The first-order valence-corrected chi connectivity index (χ1v) is 15.3. The van der Waals surface area contributed by atoms with E-state index in [1.54, 1.807) is 0 Å². The third kappa shape index (κ3) is 14.0. The zero-order valence-corrected chi connectivity index (χ0v) is 23.6. The second-order valence-corrected chi connectivity index (χ2v) is 10.3. The van der Waals surface area contributed by atoms with Crippen molar-refractivity contribution >= 4 is 0 Å². The summed E-state index contributed by atoms with van der Waals surface area (Å²) in [5.74, 6) is 1.88. The van der Waals surface area contributed by atoms with Crippen LogP contribution in [0, 0.1) is 0 Å². The Labute approximate surface area is 223 Å². The molecule has 0 saturated carbocycles. The number of rotatable bonds is 23. The van der Waals surface area contributed by atoms with Gasteiger partial charge < -0.3 is 9.47 Å². The van der Waals surface area contributed by atoms with Crippen molar-refractivity contribution in [1.29, 1.82) is 0 Å². The molecule has 2 nitrogen and oxygen atoms in total. The maximum atomic E-state index is 6.06. The molecule has 0 aliphatic heterocycles. The standard InChI is InChI=1S/C34H54O2/c1-3-5-6-7-8-9-10-11-12-13-14-15-16-17-18-19-20-23-29-36-32-26-24-25-31(30-32)33-27-21-22-28-34(33)35-4-2/h21-22,24-28,30H,3-20,23,29H2,1-2H3. The molecule has 0 aromatic heterocycles. The summed E-state index contributed by atoms with van der Waals surface area (Å²) in [5.41, 5.74) is 2.27. The van der Waals surface area contributed by atoms with E-state index < -0.39 is 0 Å². The van der Waals surface area contributed by atoms with Crippen LogP contribution in [0.5, 0.6) is 11.5 Å². The highest BCUT2D eigenvalue weighted by Crippen LogP contribution is 2.32. The lowest BCUT2D eigenvalue weighted by Gasteiger charge is -2.12. The Morgan fingerprint density at radius 1 is 0.500 bits per heavy atom. The van der Waals surface area contributed by atoms with Gasteiger partial charge in [-0.3, -0.25) is 0 Å². The van der Waals surface area contributed by atoms with E-state index in [0.29, 0.717) is 6.61 Å². The average Bonchev–Trinajstić information content (AvgIpc) is 2.91. The summed E-state index contributed by atoms with van der Waals surface area (Å²) in [6.45, 7) is 5.79. The van der Waals surface area contributed by atoms with E-state index in [0.717, 1.165) is 35.7 Å². The van der Waals surface area contributed by atoms with Gasteiger partial charge in [0.1, 0.15) is 11.5 Å². The van der Waals surface area contributed by atoms with Crippen LogP contribution in [0.1, 0.15) is 129 Å². The van der Waals surface area contributed by atoms with E-state index in [-0.39, 0.29) is 0 Å². The Hall–Kier alpha value is -1.96. The predicted molar refractivity (Wildman–Crippen MR) is 157 cm³/mol. The maximum absolute atomic E-state index is 6.06. The lowest BCUT2D eigenvalue weighted by Crippen LogP contribution is -1.98. The Bertz CT molecular complexity index is 769. The Morgan fingerprint density at radius 2 is 1.03 bits per heavy atom.